The maximum Gasteiger partial charge on any atom is 0.310 e. The Labute approximate surface area is 126 Å². The average molecular weight is 348 g/mol. The molecule has 0 bridgehead atoms. The van der Waals surface area contributed by atoms with E-state index < -0.39 is 4.92 Å². The van der Waals surface area contributed by atoms with Gasteiger partial charge >= 0.3 is 5.69 Å². The first-order valence-corrected chi connectivity index (χ1v) is 7.34. The minimum atomic E-state index is -0.442. The molecule has 0 atom stereocenters. The van der Waals surface area contributed by atoms with Gasteiger partial charge in [-0.1, -0.05) is 22.0 Å². The number of nitro groups is 1. The Morgan fingerprint density at radius 1 is 1.25 bits per heavy atom. The van der Waals surface area contributed by atoms with Crippen molar-refractivity contribution in [1.82, 2.24) is 0 Å². The van der Waals surface area contributed by atoms with E-state index >= 15 is 0 Å². The second-order valence-corrected chi connectivity index (χ2v) is 4.56. The smallest absolute Gasteiger partial charge is 0.310 e. The molecule has 1 aromatic rings. The van der Waals surface area contributed by atoms with Crippen molar-refractivity contribution in [2.75, 3.05) is 33.5 Å². The standard InChI is InChI=1S/C13H18BrNO5/c1-18-7-8-19-5-2-6-20-13-9-11(10-14)3-4-12(13)15(16)17/h3-4,9H,2,5-8,10H2,1H3. The summed E-state index contributed by atoms with van der Waals surface area (Å²) in [5, 5.41) is 11.5. The zero-order chi connectivity index (χ0) is 14.8. The fraction of sp³-hybridized carbons (Fsp3) is 0.538. The van der Waals surface area contributed by atoms with E-state index in [1.54, 1.807) is 19.2 Å². The Hall–Kier alpha value is -1.18. The largest absolute Gasteiger partial charge is 0.487 e. The molecule has 0 aliphatic rings. The second kappa shape index (κ2) is 9.68. The molecule has 0 saturated heterocycles. The van der Waals surface area contributed by atoms with Gasteiger partial charge in [-0.15, -0.1) is 0 Å². The highest BCUT2D eigenvalue weighted by Crippen LogP contribution is 2.28. The van der Waals surface area contributed by atoms with Crippen LogP contribution in [0.15, 0.2) is 18.2 Å². The number of hydrogen-bond donors (Lipinski definition) is 0. The molecule has 0 saturated carbocycles. The number of ether oxygens (including phenoxy) is 3. The van der Waals surface area contributed by atoms with Gasteiger partial charge in [0.2, 0.25) is 0 Å². The van der Waals surface area contributed by atoms with Crippen LogP contribution in [-0.4, -0.2) is 38.5 Å². The highest BCUT2D eigenvalue weighted by atomic mass is 79.9. The fourth-order valence-electron chi connectivity index (χ4n) is 1.50. The summed E-state index contributed by atoms with van der Waals surface area (Å²) in [5.74, 6) is 0.295. The number of methoxy groups -OCH3 is 1. The Morgan fingerprint density at radius 2 is 2.05 bits per heavy atom. The molecule has 0 aliphatic heterocycles. The number of nitrogens with zero attached hydrogens (tertiary/aromatic N) is 1. The van der Waals surface area contributed by atoms with Gasteiger partial charge < -0.3 is 14.2 Å². The van der Waals surface area contributed by atoms with Crippen LogP contribution < -0.4 is 4.74 Å². The summed E-state index contributed by atoms with van der Waals surface area (Å²) in [6, 6.07) is 4.84. The van der Waals surface area contributed by atoms with Crippen LogP contribution >= 0.6 is 15.9 Å². The van der Waals surface area contributed by atoms with Gasteiger partial charge in [0.25, 0.3) is 0 Å². The van der Waals surface area contributed by atoms with Gasteiger partial charge in [-0.25, -0.2) is 0 Å². The third kappa shape index (κ3) is 5.85. The molecule has 20 heavy (non-hydrogen) atoms. The zero-order valence-corrected chi connectivity index (χ0v) is 12.9. The van der Waals surface area contributed by atoms with Crippen molar-refractivity contribution < 1.29 is 19.1 Å². The highest BCUT2D eigenvalue weighted by molar-refractivity contribution is 9.08. The molecular weight excluding hydrogens is 330 g/mol. The predicted molar refractivity (Wildman–Crippen MR) is 78.5 cm³/mol. The van der Waals surface area contributed by atoms with Crippen molar-refractivity contribution in [3.8, 4) is 5.75 Å². The first-order valence-electron chi connectivity index (χ1n) is 6.21. The van der Waals surface area contributed by atoms with Gasteiger partial charge in [0.15, 0.2) is 5.75 Å². The van der Waals surface area contributed by atoms with Crippen molar-refractivity contribution in [3.05, 3.63) is 33.9 Å². The first kappa shape index (κ1) is 16.9. The van der Waals surface area contributed by atoms with Crippen LogP contribution in [0.3, 0.4) is 0 Å². The lowest BCUT2D eigenvalue weighted by atomic mass is 10.2. The summed E-state index contributed by atoms with van der Waals surface area (Å²) in [4.78, 5) is 10.5. The Balaban J connectivity index is 2.43. The van der Waals surface area contributed by atoms with Gasteiger partial charge in [0, 0.05) is 31.5 Å². The van der Waals surface area contributed by atoms with Gasteiger partial charge in [-0.3, -0.25) is 10.1 Å². The van der Waals surface area contributed by atoms with Crippen LogP contribution in [0.2, 0.25) is 0 Å². The summed E-state index contributed by atoms with van der Waals surface area (Å²) in [7, 11) is 1.61. The molecule has 7 heteroatoms. The fourth-order valence-corrected chi connectivity index (χ4v) is 1.84. The molecule has 0 spiro atoms. The zero-order valence-electron chi connectivity index (χ0n) is 11.3. The van der Waals surface area contributed by atoms with Crippen LogP contribution in [0, 0.1) is 10.1 Å². The van der Waals surface area contributed by atoms with Gasteiger partial charge in [0.05, 0.1) is 24.7 Å². The summed E-state index contributed by atoms with van der Waals surface area (Å²) in [6.45, 7) is 2.00. The number of halogens is 1. The molecular formula is C13H18BrNO5. The molecule has 0 fully saturated rings. The highest BCUT2D eigenvalue weighted by Gasteiger charge is 2.15. The Bertz CT molecular complexity index is 427. The number of nitro benzene ring substituents is 1. The predicted octanol–water partition coefficient (Wildman–Crippen LogP) is 2.92. The molecule has 0 heterocycles. The molecule has 1 rings (SSSR count). The number of hydrogen-bond acceptors (Lipinski definition) is 5. The maximum absolute atomic E-state index is 10.9. The lowest BCUT2D eigenvalue weighted by molar-refractivity contribution is -0.385. The van der Waals surface area contributed by atoms with E-state index in [1.807, 2.05) is 0 Å². The van der Waals surface area contributed by atoms with Crippen molar-refractivity contribution >= 4 is 21.6 Å². The van der Waals surface area contributed by atoms with E-state index in [9.17, 15) is 10.1 Å². The van der Waals surface area contributed by atoms with Gasteiger partial charge in [-0.05, 0) is 11.6 Å². The normalized spacial score (nSPS) is 10.5. The van der Waals surface area contributed by atoms with Crippen molar-refractivity contribution in [3.63, 3.8) is 0 Å². The minimum Gasteiger partial charge on any atom is -0.487 e. The van der Waals surface area contributed by atoms with Crippen molar-refractivity contribution in [2.24, 2.45) is 0 Å². The lowest BCUT2D eigenvalue weighted by Crippen LogP contribution is -2.07. The summed E-state index contributed by atoms with van der Waals surface area (Å²) in [5.41, 5.74) is 0.914. The molecule has 1 aromatic carbocycles. The Morgan fingerprint density at radius 3 is 2.70 bits per heavy atom. The van der Waals surface area contributed by atoms with E-state index in [-0.39, 0.29) is 5.69 Å². The molecule has 0 unspecified atom stereocenters. The molecule has 0 amide bonds. The minimum absolute atomic E-state index is 0.0185. The average Bonchev–Trinajstić information content (AvgIpc) is 2.45. The van der Waals surface area contributed by atoms with Crippen LogP contribution in [0.1, 0.15) is 12.0 Å². The second-order valence-electron chi connectivity index (χ2n) is 4.00. The van der Waals surface area contributed by atoms with E-state index in [4.69, 9.17) is 14.2 Å². The summed E-state index contributed by atoms with van der Waals surface area (Å²) in [6.07, 6.45) is 0.666. The van der Waals surface area contributed by atoms with E-state index in [2.05, 4.69) is 15.9 Å². The molecule has 6 nitrogen and oxygen atoms in total. The van der Waals surface area contributed by atoms with Crippen molar-refractivity contribution in [1.29, 1.82) is 0 Å². The van der Waals surface area contributed by atoms with Gasteiger partial charge in [-0.2, -0.15) is 0 Å². The first-order chi connectivity index (χ1) is 9.69. The third-order valence-corrected chi connectivity index (χ3v) is 3.15. The van der Waals surface area contributed by atoms with Crippen LogP contribution in [0.4, 0.5) is 5.69 Å². The molecule has 112 valence electrons. The lowest BCUT2D eigenvalue weighted by Gasteiger charge is -2.08. The van der Waals surface area contributed by atoms with E-state index in [0.717, 1.165) is 5.56 Å². The molecule has 0 radical (unpaired) electrons. The Kier molecular flexibility index (Phi) is 8.17. The third-order valence-electron chi connectivity index (χ3n) is 2.50. The number of rotatable bonds is 10. The summed E-state index contributed by atoms with van der Waals surface area (Å²) >= 11 is 3.31. The van der Waals surface area contributed by atoms with Crippen LogP contribution in [0.5, 0.6) is 5.75 Å². The van der Waals surface area contributed by atoms with E-state index in [0.29, 0.717) is 43.9 Å². The maximum atomic E-state index is 10.9. The van der Waals surface area contributed by atoms with E-state index in [1.165, 1.54) is 6.07 Å². The van der Waals surface area contributed by atoms with Crippen LogP contribution in [-0.2, 0) is 14.8 Å². The monoisotopic (exact) mass is 347 g/mol. The summed E-state index contributed by atoms with van der Waals surface area (Å²) < 4.78 is 15.6. The van der Waals surface area contributed by atoms with Crippen molar-refractivity contribution in [2.45, 2.75) is 11.8 Å². The number of alkyl halides is 1. The number of benzene rings is 1. The van der Waals surface area contributed by atoms with Gasteiger partial charge in [0.1, 0.15) is 0 Å². The molecule has 0 aromatic heterocycles. The van der Waals surface area contributed by atoms with Crippen LogP contribution in [0.25, 0.3) is 0 Å². The molecule has 0 aliphatic carbocycles. The SMILES string of the molecule is COCCOCCCOc1cc(CBr)ccc1[N+](=O)[O-]. The topological polar surface area (TPSA) is 70.8 Å². The molecule has 0 N–H and O–H groups in total. The quantitative estimate of drug-likeness (QED) is 0.281.